The molecule has 1 N–H and O–H groups in total. The minimum Gasteiger partial charge on any atom is -0.324 e. The van der Waals surface area contributed by atoms with Crippen molar-refractivity contribution in [2.75, 3.05) is 16.8 Å². The minimum absolute atomic E-state index is 0.0296. The van der Waals surface area contributed by atoms with Crippen LogP contribution in [0.5, 0.6) is 0 Å². The van der Waals surface area contributed by atoms with Crippen molar-refractivity contribution in [3.63, 3.8) is 0 Å². The maximum Gasteiger partial charge on any atom is 0.244 e. The average Bonchev–Trinajstić information content (AvgIpc) is 2.50. The number of hydrogen-bond acceptors (Lipinski definition) is 2. The van der Waals surface area contributed by atoms with Gasteiger partial charge in [-0.25, -0.2) is 0 Å². The minimum atomic E-state index is -0.243. The van der Waals surface area contributed by atoms with Gasteiger partial charge in [0, 0.05) is 17.1 Å². The first-order valence-corrected chi connectivity index (χ1v) is 8.48. The predicted octanol–water partition coefficient (Wildman–Crippen LogP) is 4.37. The number of carbonyl (C=O) groups excluding carboxylic acids is 2. The number of nitrogens with one attached hydrogen (secondary N) is 1. The van der Waals surface area contributed by atoms with Crippen molar-refractivity contribution in [3.8, 4) is 0 Å². The Morgan fingerprint density at radius 3 is 2.33 bits per heavy atom. The maximum absolute atomic E-state index is 12.4. The number of benzene rings is 2. The molecule has 0 aromatic heterocycles. The van der Waals surface area contributed by atoms with Gasteiger partial charge < -0.3 is 10.2 Å². The maximum atomic E-state index is 12.4. The van der Waals surface area contributed by atoms with Crippen LogP contribution in [0.1, 0.15) is 23.6 Å². The van der Waals surface area contributed by atoms with Crippen molar-refractivity contribution < 1.29 is 9.59 Å². The number of amides is 2. The molecule has 2 amide bonds. The summed E-state index contributed by atoms with van der Waals surface area (Å²) in [5.41, 5.74) is 4.74. The van der Waals surface area contributed by atoms with Crippen molar-refractivity contribution in [3.05, 3.63) is 57.6 Å². The zero-order valence-corrected chi connectivity index (χ0v) is 15.9. The molecule has 0 radical (unpaired) electrons. The highest BCUT2D eigenvalue weighted by atomic mass is 79.9. The molecule has 0 saturated heterocycles. The number of nitrogens with zero attached hydrogens (tertiary/aromatic N) is 1. The summed E-state index contributed by atoms with van der Waals surface area (Å²) in [6.07, 6.45) is 0. The predicted molar refractivity (Wildman–Crippen MR) is 101 cm³/mol. The Morgan fingerprint density at radius 1 is 1.04 bits per heavy atom. The molecule has 2 aromatic rings. The first-order valence-electron chi connectivity index (χ1n) is 7.69. The molecule has 0 spiro atoms. The fourth-order valence-corrected chi connectivity index (χ4v) is 2.93. The van der Waals surface area contributed by atoms with E-state index in [4.69, 9.17) is 0 Å². The van der Waals surface area contributed by atoms with E-state index in [0.717, 1.165) is 26.9 Å². The van der Waals surface area contributed by atoms with Gasteiger partial charge in [-0.3, -0.25) is 9.59 Å². The zero-order valence-electron chi connectivity index (χ0n) is 14.3. The second-order valence-corrected chi connectivity index (χ2v) is 6.76. The van der Waals surface area contributed by atoms with E-state index < -0.39 is 0 Å². The zero-order chi connectivity index (χ0) is 17.9. The smallest absolute Gasteiger partial charge is 0.244 e. The molecule has 0 aliphatic carbocycles. The highest BCUT2D eigenvalue weighted by Crippen LogP contribution is 2.24. The van der Waals surface area contributed by atoms with Crippen LogP contribution in [0.3, 0.4) is 0 Å². The molecule has 2 rings (SSSR count). The molecule has 0 aliphatic rings. The van der Waals surface area contributed by atoms with Gasteiger partial charge >= 0.3 is 0 Å². The lowest BCUT2D eigenvalue weighted by molar-refractivity contribution is -0.120. The molecule has 0 fully saturated rings. The SMILES string of the molecule is CC(=O)N(CC(=O)Nc1ccc(C)cc1Br)c1ccc(C)c(C)c1. The van der Waals surface area contributed by atoms with E-state index in [9.17, 15) is 9.59 Å². The van der Waals surface area contributed by atoms with E-state index in [1.165, 1.54) is 11.8 Å². The van der Waals surface area contributed by atoms with Crippen molar-refractivity contribution in [2.24, 2.45) is 0 Å². The van der Waals surface area contributed by atoms with Crippen molar-refractivity contribution in [1.29, 1.82) is 0 Å². The third-order valence-corrected chi connectivity index (χ3v) is 4.54. The molecule has 0 heterocycles. The second kappa shape index (κ2) is 7.62. The van der Waals surface area contributed by atoms with E-state index >= 15 is 0 Å². The van der Waals surface area contributed by atoms with Gasteiger partial charge in [0.05, 0.1) is 5.69 Å². The Balaban J connectivity index is 2.16. The van der Waals surface area contributed by atoms with Crippen LogP contribution in [0.15, 0.2) is 40.9 Å². The summed E-state index contributed by atoms with van der Waals surface area (Å²) >= 11 is 3.44. The number of rotatable bonds is 4. The lowest BCUT2D eigenvalue weighted by Crippen LogP contribution is -2.36. The van der Waals surface area contributed by atoms with Crippen LogP contribution in [-0.4, -0.2) is 18.4 Å². The topological polar surface area (TPSA) is 49.4 Å². The van der Waals surface area contributed by atoms with Crippen LogP contribution in [-0.2, 0) is 9.59 Å². The van der Waals surface area contributed by atoms with E-state index in [1.807, 2.05) is 57.2 Å². The molecule has 5 heteroatoms. The number of carbonyl (C=O) groups is 2. The normalized spacial score (nSPS) is 10.4. The number of hydrogen-bond donors (Lipinski definition) is 1. The van der Waals surface area contributed by atoms with Crippen LogP contribution < -0.4 is 10.2 Å². The van der Waals surface area contributed by atoms with E-state index in [2.05, 4.69) is 21.2 Å². The standard InChI is InChI=1S/C19H21BrN2O2/c1-12-5-8-18(17(20)9-12)21-19(24)11-22(15(4)23)16-7-6-13(2)14(3)10-16/h5-10H,11H2,1-4H3,(H,21,24). The number of anilines is 2. The number of aryl methyl sites for hydroxylation is 3. The first kappa shape index (κ1) is 18.2. The average molecular weight is 389 g/mol. The van der Waals surface area contributed by atoms with Crippen molar-refractivity contribution >= 4 is 39.1 Å². The third-order valence-electron chi connectivity index (χ3n) is 3.88. The summed E-state index contributed by atoms with van der Waals surface area (Å²) in [6.45, 7) is 7.41. The molecule has 0 unspecified atom stereocenters. The van der Waals surface area contributed by atoms with Crippen LogP contribution in [0, 0.1) is 20.8 Å². The Labute approximate surface area is 151 Å². The van der Waals surface area contributed by atoms with Gasteiger partial charge in [0.25, 0.3) is 0 Å². The molecule has 0 saturated carbocycles. The quantitative estimate of drug-likeness (QED) is 0.845. The molecule has 4 nitrogen and oxygen atoms in total. The molecule has 0 atom stereocenters. The van der Waals surface area contributed by atoms with Crippen LogP contribution in [0.4, 0.5) is 11.4 Å². The van der Waals surface area contributed by atoms with Gasteiger partial charge in [-0.2, -0.15) is 0 Å². The van der Waals surface area contributed by atoms with Crippen molar-refractivity contribution in [1.82, 2.24) is 0 Å². The molecular weight excluding hydrogens is 368 g/mol. The monoisotopic (exact) mass is 388 g/mol. The fourth-order valence-electron chi connectivity index (χ4n) is 2.33. The van der Waals surface area contributed by atoms with Gasteiger partial charge in [0.1, 0.15) is 6.54 Å². The third kappa shape index (κ3) is 4.45. The Kier molecular flexibility index (Phi) is 5.78. The molecule has 0 bridgehead atoms. The fraction of sp³-hybridized carbons (Fsp3) is 0.263. The molecule has 0 aliphatic heterocycles. The summed E-state index contributed by atoms with van der Waals surface area (Å²) in [7, 11) is 0. The van der Waals surface area contributed by atoms with Gasteiger partial charge in [-0.05, 0) is 77.7 Å². The molecule has 24 heavy (non-hydrogen) atoms. The Bertz CT molecular complexity index is 787. The summed E-state index contributed by atoms with van der Waals surface area (Å²) in [5, 5.41) is 2.84. The van der Waals surface area contributed by atoms with Gasteiger partial charge in [-0.15, -0.1) is 0 Å². The van der Waals surface area contributed by atoms with Crippen LogP contribution >= 0.6 is 15.9 Å². The van der Waals surface area contributed by atoms with Gasteiger partial charge in [0.15, 0.2) is 0 Å². The molecular formula is C19H21BrN2O2. The Hall–Kier alpha value is -2.14. The van der Waals surface area contributed by atoms with Gasteiger partial charge in [-0.1, -0.05) is 12.1 Å². The lowest BCUT2D eigenvalue weighted by atomic mass is 10.1. The largest absolute Gasteiger partial charge is 0.324 e. The van der Waals surface area contributed by atoms with Gasteiger partial charge in [0.2, 0.25) is 11.8 Å². The van der Waals surface area contributed by atoms with E-state index in [0.29, 0.717) is 5.69 Å². The van der Waals surface area contributed by atoms with E-state index in [-0.39, 0.29) is 18.4 Å². The highest BCUT2D eigenvalue weighted by molar-refractivity contribution is 9.10. The summed E-state index contributed by atoms with van der Waals surface area (Å²) < 4.78 is 0.816. The summed E-state index contributed by atoms with van der Waals surface area (Å²) in [4.78, 5) is 25.8. The van der Waals surface area contributed by atoms with Crippen LogP contribution in [0.25, 0.3) is 0 Å². The van der Waals surface area contributed by atoms with E-state index in [1.54, 1.807) is 0 Å². The van der Waals surface area contributed by atoms with Crippen molar-refractivity contribution in [2.45, 2.75) is 27.7 Å². The number of halogens is 1. The Morgan fingerprint density at radius 2 is 1.75 bits per heavy atom. The lowest BCUT2D eigenvalue weighted by Gasteiger charge is -2.22. The molecule has 126 valence electrons. The summed E-state index contributed by atoms with van der Waals surface area (Å²) in [6, 6.07) is 11.4. The molecule has 2 aromatic carbocycles. The first-order chi connectivity index (χ1) is 11.3. The second-order valence-electron chi connectivity index (χ2n) is 5.91. The summed E-state index contributed by atoms with van der Waals surface area (Å²) in [5.74, 6) is -0.413. The highest BCUT2D eigenvalue weighted by Gasteiger charge is 2.17. The van der Waals surface area contributed by atoms with Crippen LogP contribution in [0.2, 0.25) is 0 Å².